The van der Waals surface area contributed by atoms with Crippen LogP contribution in [0, 0.1) is 14.4 Å². The molecule has 0 amide bonds. The molecule has 0 aromatic rings. The zero-order valence-electron chi connectivity index (χ0n) is 4.02. The summed E-state index contributed by atoms with van der Waals surface area (Å²) in [5, 5.41) is 0. The standard InChI is InChI=1S/2CF.6FH/c2*1-2;;;;;;/h;;6*1H/q2*+3;;;;;;/p-6. The predicted molar refractivity (Wildman–Crippen MR) is 8.70 cm³/mol. The van der Waals surface area contributed by atoms with Crippen molar-refractivity contribution >= 4 is 0 Å². The molecule has 0 fully saturated rings. The average Bonchev–Trinajstić information content (AvgIpc) is 1.50. The summed E-state index contributed by atoms with van der Waals surface area (Å²) in [4.78, 5) is 0. The molecule has 0 nitrogen and oxygen atoms in total. The van der Waals surface area contributed by atoms with Gasteiger partial charge in [-0.3, -0.25) is 0 Å². The first-order chi connectivity index (χ1) is 2.00. The van der Waals surface area contributed by atoms with Crippen LogP contribution >= 0.6 is 0 Å². The molecule has 0 saturated heterocycles. The Balaban J connectivity index is -0.000000000833. The predicted octanol–water partition coefficient (Wildman–Crippen LogP) is -17.0. The SMILES string of the molecule is [C+3]F.[C+3]F.[F-].[F-].[F-].[F-].[F-].[F-]. The summed E-state index contributed by atoms with van der Waals surface area (Å²) in [6.45, 7) is 0. The topological polar surface area (TPSA) is 0 Å². The molecule has 0 saturated carbocycles. The van der Waals surface area contributed by atoms with E-state index in [1.807, 2.05) is 0 Å². The molecule has 0 rings (SSSR count). The number of hydrogen-bond acceptors (Lipinski definition) is 0. The Morgan fingerprint density at radius 2 is 0.400 bits per heavy atom. The quantitative estimate of drug-likeness (QED) is 0.321. The van der Waals surface area contributed by atoms with E-state index in [-0.39, 0.29) is 28.2 Å². The zero-order valence-corrected chi connectivity index (χ0v) is 4.02. The number of hydrogen-bond donors (Lipinski definition) is 0. The van der Waals surface area contributed by atoms with Crippen molar-refractivity contribution in [1.82, 2.24) is 0 Å². The number of halogens is 8. The Labute approximate surface area is 52.8 Å². The molecule has 0 atom stereocenters. The van der Waals surface area contributed by atoms with E-state index >= 15 is 0 Å². The van der Waals surface area contributed by atoms with Crippen LogP contribution in [-0.2, 0) is 0 Å². The van der Waals surface area contributed by atoms with E-state index in [9.17, 15) is 0 Å². The van der Waals surface area contributed by atoms with E-state index in [2.05, 4.69) is 14.4 Å². The van der Waals surface area contributed by atoms with Gasteiger partial charge in [-0.1, -0.05) is 0 Å². The molecular formula is C2F8. The van der Waals surface area contributed by atoms with Gasteiger partial charge in [0, 0.05) is 0 Å². The zero-order chi connectivity index (χ0) is 4.00. The molecule has 0 aliphatic rings. The minimum absolute atomic E-state index is 0. The second-order valence-corrected chi connectivity index (χ2v) is 0. The molecule has 0 aromatic heterocycles. The molecule has 0 aliphatic heterocycles. The van der Waals surface area contributed by atoms with Crippen molar-refractivity contribution in [2.45, 2.75) is 0 Å². The Bertz CT molecular complexity index is 7.22. The van der Waals surface area contributed by atoms with Crippen LogP contribution in [0.2, 0.25) is 0 Å². The Morgan fingerprint density at radius 1 is 0.400 bits per heavy atom. The Kier molecular flexibility index (Phi) is 48300. The van der Waals surface area contributed by atoms with Gasteiger partial charge in [0.1, 0.15) is 0 Å². The molecule has 0 aliphatic carbocycles. The van der Waals surface area contributed by atoms with Gasteiger partial charge in [0.15, 0.2) is 0 Å². The molecule has 0 N–H and O–H groups in total. The Hall–Kier alpha value is -0.560. The van der Waals surface area contributed by atoms with Crippen LogP contribution in [0.15, 0.2) is 0 Å². The fraction of sp³-hybridized carbons (Fsp3) is 0. The largest absolute Gasteiger partial charge is 1.00 e. The van der Waals surface area contributed by atoms with Gasteiger partial charge in [-0.05, 0) is 0 Å². The third-order valence-corrected chi connectivity index (χ3v) is 0. The summed E-state index contributed by atoms with van der Waals surface area (Å²) in [6.07, 6.45) is 0. The van der Waals surface area contributed by atoms with Crippen LogP contribution in [-0.4, -0.2) is 0 Å². The molecule has 0 spiro atoms. The summed E-state index contributed by atoms with van der Waals surface area (Å²) in [6, 6.07) is 0. The molecule has 8 heteroatoms. The van der Waals surface area contributed by atoms with Crippen LogP contribution in [0.25, 0.3) is 0 Å². The maximum Gasteiger partial charge on any atom is -1.00 e. The first-order valence-corrected chi connectivity index (χ1v) is 0.378. The first kappa shape index (κ1) is 324. The smallest absolute Gasteiger partial charge is 1.00 e. The van der Waals surface area contributed by atoms with Crippen LogP contribution in [0.3, 0.4) is 0 Å². The van der Waals surface area contributed by atoms with Gasteiger partial charge >= 0.3 is 23.1 Å². The van der Waals surface area contributed by atoms with Crippen LogP contribution in [0.1, 0.15) is 0 Å². The molecule has 0 aromatic carbocycles. The van der Waals surface area contributed by atoms with Crippen molar-refractivity contribution in [2.75, 3.05) is 0 Å². The summed E-state index contributed by atoms with van der Waals surface area (Å²) in [5.74, 6) is 0. The molecule has 64 valence electrons. The molecule has 0 heterocycles. The molecule has 0 bridgehead atoms. The maximum absolute atomic E-state index is 8.75. The summed E-state index contributed by atoms with van der Waals surface area (Å²) in [5.41, 5.74) is 0. The third kappa shape index (κ3) is 984. The molecular weight excluding hydrogens is 176 g/mol. The van der Waals surface area contributed by atoms with Gasteiger partial charge in [-0.15, -0.1) is 0 Å². The van der Waals surface area contributed by atoms with Gasteiger partial charge < -0.3 is 28.2 Å². The van der Waals surface area contributed by atoms with Crippen LogP contribution in [0.5, 0.6) is 0 Å². The van der Waals surface area contributed by atoms with Crippen molar-refractivity contribution < 1.29 is 37.0 Å². The summed E-state index contributed by atoms with van der Waals surface area (Å²) >= 11 is 0. The summed E-state index contributed by atoms with van der Waals surface area (Å²) < 4.78 is 17.5. The normalized spacial score (nSPS) is 1.40. The van der Waals surface area contributed by atoms with Crippen molar-refractivity contribution in [3.63, 3.8) is 0 Å². The maximum atomic E-state index is 8.75. The fourth-order valence-corrected chi connectivity index (χ4v) is 0. The minimum Gasteiger partial charge on any atom is -1.00 e. The van der Waals surface area contributed by atoms with Gasteiger partial charge in [0.25, 0.3) is 0 Å². The van der Waals surface area contributed by atoms with Crippen molar-refractivity contribution in [1.29, 1.82) is 0 Å². The minimum atomic E-state index is 0. The number of rotatable bonds is 0. The average molecular weight is 176 g/mol. The van der Waals surface area contributed by atoms with Crippen molar-refractivity contribution in [3.05, 3.63) is 14.4 Å². The Morgan fingerprint density at radius 3 is 0.400 bits per heavy atom. The van der Waals surface area contributed by atoms with E-state index < -0.39 is 0 Å². The van der Waals surface area contributed by atoms with Crippen molar-refractivity contribution in [3.8, 4) is 0 Å². The van der Waals surface area contributed by atoms with Crippen molar-refractivity contribution in [2.24, 2.45) is 0 Å². The monoisotopic (exact) mass is 176 g/mol. The molecule has 0 unspecified atom stereocenters. The van der Waals surface area contributed by atoms with Gasteiger partial charge in [-0.2, -0.15) is 0 Å². The first-order valence-electron chi connectivity index (χ1n) is 0.378. The molecule has 0 radical (unpaired) electrons. The van der Waals surface area contributed by atoms with E-state index in [1.165, 1.54) is 0 Å². The van der Waals surface area contributed by atoms with Gasteiger partial charge in [-0.25, -0.2) is 0 Å². The molecule has 10 heavy (non-hydrogen) atoms. The van der Waals surface area contributed by atoms with Crippen LogP contribution in [0.4, 0.5) is 8.78 Å². The summed E-state index contributed by atoms with van der Waals surface area (Å²) in [7, 11) is 8.50. The van der Waals surface area contributed by atoms with Gasteiger partial charge in [0.05, 0.1) is 0 Å². The third-order valence-electron chi connectivity index (χ3n) is 0. The van der Waals surface area contributed by atoms with Gasteiger partial charge in [0.2, 0.25) is 0 Å². The van der Waals surface area contributed by atoms with E-state index in [0.717, 1.165) is 0 Å². The van der Waals surface area contributed by atoms with E-state index in [4.69, 9.17) is 8.78 Å². The second-order valence-electron chi connectivity index (χ2n) is 0. The van der Waals surface area contributed by atoms with E-state index in [0.29, 0.717) is 0 Å². The van der Waals surface area contributed by atoms with Crippen LogP contribution < -0.4 is 28.2 Å². The van der Waals surface area contributed by atoms with E-state index in [1.54, 1.807) is 0 Å². The fourth-order valence-electron chi connectivity index (χ4n) is 0. The second kappa shape index (κ2) is 1490.